The molecule has 1 saturated carbocycles. The fraction of sp³-hybridized carbons (Fsp3) is 0.565. The number of aliphatic hydroxyl groups excluding tert-OH is 1. The molecule has 2 N–H and O–H groups in total. The van der Waals surface area contributed by atoms with Gasteiger partial charge >= 0.3 is 0 Å². The Bertz CT molecular complexity index is 691. The minimum absolute atomic E-state index is 0.0425. The van der Waals surface area contributed by atoms with Crippen molar-refractivity contribution in [1.82, 2.24) is 15.1 Å². The first-order chi connectivity index (χ1) is 14.1. The lowest BCUT2D eigenvalue weighted by atomic mass is 9.75. The van der Waals surface area contributed by atoms with Crippen molar-refractivity contribution in [2.75, 3.05) is 52.4 Å². The molecular formula is C23H33N3O3. The van der Waals surface area contributed by atoms with Crippen LogP contribution in [-0.2, 0) is 9.59 Å². The van der Waals surface area contributed by atoms with Crippen LogP contribution in [0.25, 0.3) is 0 Å². The van der Waals surface area contributed by atoms with Crippen LogP contribution in [0.2, 0.25) is 0 Å². The van der Waals surface area contributed by atoms with E-state index in [0.29, 0.717) is 25.0 Å². The zero-order valence-corrected chi connectivity index (χ0v) is 17.3. The number of hydrogen-bond acceptors (Lipinski definition) is 6. The third-order valence-electron chi connectivity index (χ3n) is 6.23. The van der Waals surface area contributed by atoms with E-state index in [1.165, 1.54) is 5.56 Å². The van der Waals surface area contributed by atoms with Crippen LogP contribution in [0.4, 0.5) is 0 Å². The number of Topliss-reactive ketones (excluding diaryl/α,β-unsaturated/α-hetero) is 2. The van der Waals surface area contributed by atoms with E-state index in [-0.39, 0.29) is 30.0 Å². The predicted molar refractivity (Wildman–Crippen MR) is 114 cm³/mol. The molecule has 1 aliphatic heterocycles. The molecule has 0 aromatic heterocycles. The van der Waals surface area contributed by atoms with Crippen molar-refractivity contribution < 1.29 is 14.7 Å². The molecule has 0 spiro atoms. The van der Waals surface area contributed by atoms with E-state index in [4.69, 9.17) is 5.11 Å². The monoisotopic (exact) mass is 399 g/mol. The second kappa shape index (κ2) is 10.7. The van der Waals surface area contributed by atoms with Crippen molar-refractivity contribution in [2.24, 2.45) is 5.92 Å². The molecule has 1 aromatic rings. The third-order valence-corrected chi connectivity index (χ3v) is 6.23. The van der Waals surface area contributed by atoms with Crippen LogP contribution in [0, 0.1) is 5.92 Å². The van der Waals surface area contributed by atoms with Crippen molar-refractivity contribution >= 4 is 11.6 Å². The Kier molecular flexibility index (Phi) is 7.98. The summed E-state index contributed by atoms with van der Waals surface area (Å²) in [7, 11) is 0. The van der Waals surface area contributed by atoms with E-state index in [9.17, 15) is 9.59 Å². The van der Waals surface area contributed by atoms with Crippen LogP contribution in [0.3, 0.4) is 0 Å². The van der Waals surface area contributed by atoms with Gasteiger partial charge in [0.15, 0.2) is 11.6 Å². The molecule has 2 aliphatic rings. The van der Waals surface area contributed by atoms with Gasteiger partial charge in [-0.2, -0.15) is 0 Å². The Hall–Kier alpha value is -2.02. The number of allylic oxidation sites excluding steroid dienone is 1. The molecular weight excluding hydrogens is 366 g/mol. The maximum absolute atomic E-state index is 12.6. The van der Waals surface area contributed by atoms with Crippen molar-refractivity contribution in [1.29, 1.82) is 0 Å². The quantitative estimate of drug-likeness (QED) is 0.391. The number of nitrogens with zero attached hydrogens (tertiary/aromatic N) is 2. The molecule has 0 radical (unpaired) electrons. The van der Waals surface area contributed by atoms with E-state index >= 15 is 0 Å². The average Bonchev–Trinajstić information content (AvgIpc) is 2.74. The van der Waals surface area contributed by atoms with Crippen LogP contribution >= 0.6 is 0 Å². The molecule has 1 heterocycles. The van der Waals surface area contributed by atoms with Gasteiger partial charge in [-0.15, -0.1) is 0 Å². The number of ketones is 2. The largest absolute Gasteiger partial charge is 0.395 e. The number of hydrogen-bond donors (Lipinski definition) is 2. The number of β-amino-alcohol motifs (C(OH)–C–C–N with tert-alkyl or cyclic N) is 1. The minimum atomic E-state index is -0.0425. The van der Waals surface area contributed by atoms with Crippen LogP contribution in [-0.4, -0.2) is 78.9 Å². The van der Waals surface area contributed by atoms with Gasteiger partial charge in [-0.25, -0.2) is 0 Å². The SMILES string of the molecule is CC(c1ccccc1)C1CC(=O)C(=CNCCN2CCN(CCO)CC2)C(=O)C1. The van der Waals surface area contributed by atoms with Gasteiger partial charge in [0.05, 0.1) is 12.2 Å². The summed E-state index contributed by atoms with van der Waals surface area (Å²) in [6, 6.07) is 10.1. The van der Waals surface area contributed by atoms with Gasteiger partial charge in [0.2, 0.25) is 0 Å². The molecule has 6 nitrogen and oxygen atoms in total. The lowest BCUT2D eigenvalue weighted by Crippen LogP contribution is -2.48. The standard InChI is InChI=1S/C23H33N3O3/c1-18(19-5-3-2-4-6-19)20-15-22(28)21(23(29)16-20)17-24-7-8-25-9-11-26(12-10-25)13-14-27/h2-6,17-18,20,24,27H,7-16H2,1H3. The minimum Gasteiger partial charge on any atom is -0.395 e. The zero-order valence-electron chi connectivity index (χ0n) is 17.3. The average molecular weight is 400 g/mol. The summed E-state index contributed by atoms with van der Waals surface area (Å²) < 4.78 is 0. The molecule has 0 amide bonds. The fourth-order valence-electron chi connectivity index (χ4n) is 4.24. The van der Waals surface area contributed by atoms with E-state index in [2.05, 4.69) is 34.2 Å². The topological polar surface area (TPSA) is 72.9 Å². The number of benzene rings is 1. The van der Waals surface area contributed by atoms with Crippen LogP contribution in [0.1, 0.15) is 31.2 Å². The van der Waals surface area contributed by atoms with Crippen molar-refractivity contribution in [3.8, 4) is 0 Å². The molecule has 3 rings (SSSR count). The van der Waals surface area contributed by atoms with Crippen LogP contribution in [0.15, 0.2) is 42.1 Å². The molecule has 1 saturated heterocycles. The molecule has 1 unspecified atom stereocenters. The molecule has 0 bridgehead atoms. The summed E-state index contributed by atoms with van der Waals surface area (Å²) in [5, 5.41) is 12.2. The first-order valence-corrected chi connectivity index (χ1v) is 10.7. The highest BCUT2D eigenvalue weighted by Gasteiger charge is 2.33. The predicted octanol–water partition coefficient (Wildman–Crippen LogP) is 1.42. The summed E-state index contributed by atoms with van der Waals surface area (Å²) in [6.07, 6.45) is 2.50. The molecule has 1 aliphatic carbocycles. The Morgan fingerprint density at radius 3 is 2.21 bits per heavy atom. The summed E-state index contributed by atoms with van der Waals surface area (Å²) in [5.41, 5.74) is 1.51. The molecule has 6 heteroatoms. The van der Waals surface area contributed by atoms with Crippen molar-refractivity contribution in [2.45, 2.75) is 25.7 Å². The highest BCUT2D eigenvalue weighted by Crippen LogP contribution is 2.34. The van der Waals surface area contributed by atoms with Crippen molar-refractivity contribution in [3.63, 3.8) is 0 Å². The van der Waals surface area contributed by atoms with Gasteiger partial charge in [0, 0.05) is 64.9 Å². The first kappa shape index (κ1) is 21.7. The van der Waals surface area contributed by atoms with E-state index in [1.54, 1.807) is 6.20 Å². The van der Waals surface area contributed by atoms with Gasteiger partial charge in [-0.3, -0.25) is 19.4 Å². The number of carbonyl (C=O) groups is 2. The summed E-state index contributed by atoms with van der Waals surface area (Å²) >= 11 is 0. The van der Waals surface area contributed by atoms with Gasteiger partial charge in [-0.05, 0) is 17.4 Å². The zero-order chi connectivity index (χ0) is 20.6. The maximum Gasteiger partial charge on any atom is 0.168 e. The Morgan fingerprint density at radius 2 is 1.62 bits per heavy atom. The molecule has 1 aromatic carbocycles. The normalized spacial score (nSPS) is 22.6. The smallest absolute Gasteiger partial charge is 0.168 e. The molecule has 1 atom stereocenters. The fourth-order valence-corrected chi connectivity index (χ4v) is 4.24. The Labute approximate surface area is 173 Å². The van der Waals surface area contributed by atoms with E-state index < -0.39 is 0 Å². The maximum atomic E-state index is 12.6. The lowest BCUT2D eigenvalue weighted by molar-refractivity contribution is -0.125. The van der Waals surface area contributed by atoms with Crippen LogP contribution < -0.4 is 5.32 Å². The van der Waals surface area contributed by atoms with Gasteiger partial charge in [0.25, 0.3) is 0 Å². The Balaban J connectivity index is 1.44. The molecule has 29 heavy (non-hydrogen) atoms. The molecule has 2 fully saturated rings. The van der Waals surface area contributed by atoms with E-state index in [0.717, 1.165) is 39.3 Å². The van der Waals surface area contributed by atoms with Gasteiger partial charge < -0.3 is 10.4 Å². The number of piperazine rings is 1. The second-order valence-electron chi connectivity index (χ2n) is 8.13. The summed E-state index contributed by atoms with van der Waals surface area (Å²) in [6.45, 7) is 8.56. The summed E-state index contributed by atoms with van der Waals surface area (Å²) in [4.78, 5) is 29.8. The van der Waals surface area contributed by atoms with Crippen molar-refractivity contribution in [3.05, 3.63) is 47.7 Å². The van der Waals surface area contributed by atoms with Crippen LogP contribution in [0.5, 0.6) is 0 Å². The second-order valence-corrected chi connectivity index (χ2v) is 8.13. The highest BCUT2D eigenvalue weighted by atomic mass is 16.3. The lowest BCUT2D eigenvalue weighted by Gasteiger charge is -2.34. The first-order valence-electron chi connectivity index (χ1n) is 10.7. The van der Waals surface area contributed by atoms with E-state index in [1.807, 2.05) is 18.2 Å². The highest BCUT2D eigenvalue weighted by molar-refractivity contribution is 6.21. The third kappa shape index (κ3) is 5.98. The number of carbonyl (C=O) groups excluding carboxylic acids is 2. The van der Waals surface area contributed by atoms with Gasteiger partial charge in [0.1, 0.15) is 0 Å². The summed E-state index contributed by atoms with van der Waals surface area (Å²) in [5.74, 6) is 0.186. The number of rotatable bonds is 8. The Morgan fingerprint density at radius 1 is 1.03 bits per heavy atom. The number of aliphatic hydroxyl groups is 1. The molecule has 158 valence electrons. The van der Waals surface area contributed by atoms with Gasteiger partial charge in [-0.1, -0.05) is 37.3 Å². The number of nitrogens with one attached hydrogen (secondary N) is 1.